The molecular weight excluding hydrogens is 484 g/mol. The lowest BCUT2D eigenvalue weighted by molar-refractivity contribution is -0.730. The Balaban J connectivity index is 2.18. The van der Waals surface area contributed by atoms with Crippen LogP contribution in [0.3, 0.4) is 0 Å². The van der Waals surface area contributed by atoms with Gasteiger partial charge in [0, 0.05) is 5.39 Å². The molecule has 0 saturated heterocycles. The van der Waals surface area contributed by atoms with Gasteiger partial charge in [-0.15, -0.1) is 0 Å². The van der Waals surface area contributed by atoms with Crippen molar-refractivity contribution in [3.8, 4) is 0 Å². The molecule has 0 bridgehead atoms. The maximum absolute atomic E-state index is 2.58. The molecule has 4 rings (SSSR count). The van der Waals surface area contributed by atoms with Crippen LogP contribution in [0.15, 0.2) is 60.3 Å². The topological polar surface area (TPSA) is 8.29 Å². The molecule has 0 saturated carbocycles. The Morgan fingerprint density at radius 3 is 2.30 bits per heavy atom. The van der Waals surface area contributed by atoms with Crippen LogP contribution in [0, 0.1) is 10.8 Å². The number of hydrogen-bond acceptors (Lipinski definition) is 0. The molecule has 2 nitrogen and oxygen atoms in total. The molecule has 1 aliphatic carbocycles. The summed E-state index contributed by atoms with van der Waals surface area (Å²) in [5, 5.41) is 1.38. The summed E-state index contributed by atoms with van der Waals surface area (Å²) in [6.45, 7) is 25.3. The summed E-state index contributed by atoms with van der Waals surface area (Å²) in [4.78, 5) is 0. The molecule has 1 aliphatic rings. The molecule has 0 aliphatic heterocycles. The van der Waals surface area contributed by atoms with E-state index in [-0.39, 0.29) is 16.4 Å². The second-order valence-corrected chi connectivity index (χ2v) is 15.3. The average molecular weight is 538 g/mol. The Hall–Kier alpha value is -2.87. The lowest BCUT2D eigenvalue weighted by Gasteiger charge is -2.24. The standard InChI is InChI=1S/C38H53N2/c1-12-14-17-29-18-15-19-31-32-23-28(25-37(6,7)8)20-21-33(32)40-30(22-27(16-13-2)24-36(3,4)5)26-39(38(9,10)11)35(40)34(29)31/h12-16,19-23,26,29H,17-18,24-25H2,1-11H3/q+1/b14-12?,16-13-,27-22+. The molecule has 1 aromatic carbocycles. The highest BCUT2D eigenvalue weighted by Crippen LogP contribution is 2.41. The molecule has 0 spiro atoms. The summed E-state index contributed by atoms with van der Waals surface area (Å²) in [5.74, 6) is 0.458. The fourth-order valence-electron chi connectivity index (χ4n) is 6.32. The Kier molecular flexibility index (Phi) is 8.42. The van der Waals surface area contributed by atoms with Crippen molar-refractivity contribution in [3.63, 3.8) is 0 Å². The number of nitrogens with zero attached hydrogens (tertiary/aromatic N) is 2. The van der Waals surface area contributed by atoms with Gasteiger partial charge >= 0.3 is 0 Å². The number of rotatable bonds is 6. The van der Waals surface area contributed by atoms with Crippen LogP contribution in [-0.4, -0.2) is 4.40 Å². The zero-order valence-corrected chi connectivity index (χ0v) is 27.2. The lowest BCUT2D eigenvalue weighted by Crippen LogP contribution is -2.50. The van der Waals surface area contributed by atoms with Crippen molar-refractivity contribution in [1.29, 1.82) is 0 Å². The molecule has 0 N–H and O–H groups in total. The van der Waals surface area contributed by atoms with Crippen LogP contribution in [0.2, 0.25) is 0 Å². The third-order valence-electron chi connectivity index (χ3n) is 7.76. The molecule has 2 heteroatoms. The number of hydrogen-bond donors (Lipinski definition) is 0. The summed E-state index contributed by atoms with van der Waals surface area (Å²) < 4.78 is 5.13. The SMILES string of the molecule is CC=CCC1CC=Cc2c1c1n(c(/C=C(\C=C/C)CC(C)(C)C)c[n+]1C(C)(C)C)c1ccc(CC(C)(C)C)cc21. The van der Waals surface area contributed by atoms with E-state index in [2.05, 4.69) is 152 Å². The van der Waals surface area contributed by atoms with Crippen LogP contribution >= 0.6 is 0 Å². The van der Waals surface area contributed by atoms with Crippen LogP contribution < -0.4 is 4.57 Å². The fraction of sp³-hybridized carbons (Fsp3) is 0.500. The van der Waals surface area contributed by atoms with Gasteiger partial charge in [0.15, 0.2) is 5.69 Å². The number of pyridine rings is 1. The molecule has 0 radical (unpaired) electrons. The fourth-order valence-corrected chi connectivity index (χ4v) is 6.32. The number of fused-ring (bicyclic) bond motifs is 6. The van der Waals surface area contributed by atoms with Crippen molar-refractivity contribution < 1.29 is 4.57 Å². The van der Waals surface area contributed by atoms with Crippen molar-refractivity contribution in [3.05, 3.63) is 82.7 Å². The van der Waals surface area contributed by atoms with Gasteiger partial charge in [0.05, 0.1) is 5.56 Å². The first-order valence-electron chi connectivity index (χ1n) is 15.3. The van der Waals surface area contributed by atoms with E-state index in [1.54, 1.807) is 0 Å². The molecule has 1 atom stereocenters. The zero-order chi connectivity index (χ0) is 29.5. The van der Waals surface area contributed by atoms with Crippen LogP contribution in [0.25, 0.3) is 28.7 Å². The third kappa shape index (κ3) is 6.54. The smallest absolute Gasteiger partial charge is 0.225 e. The second-order valence-electron chi connectivity index (χ2n) is 15.3. The van der Waals surface area contributed by atoms with E-state index in [9.17, 15) is 0 Å². The Morgan fingerprint density at radius 2 is 1.70 bits per heavy atom. The molecule has 0 amide bonds. The van der Waals surface area contributed by atoms with Gasteiger partial charge in [-0.25, -0.2) is 4.57 Å². The highest BCUT2D eigenvalue weighted by Gasteiger charge is 2.35. The maximum Gasteiger partial charge on any atom is 0.291 e. The molecule has 40 heavy (non-hydrogen) atoms. The largest absolute Gasteiger partial charge is 0.291 e. The minimum atomic E-state index is -0.0535. The predicted molar refractivity (Wildman–Crippen MR) is 176 cm³/mol. The summed E-state index contributed by atoms with van der Waals surface area (Å²) >= 11 is 0. The van der Waals surface area contributed by atoms with Crippen molar-refractivity contribution in [2.24, 2.45) is 10.8 Å². The van der Waals surface area contributed by atoms with E-state index in [0.717, 1.165) is 25.7 Å². The van der Waals surface area contributed by atoms with Crippen LogP contribution in [0.4, 0.5) is 0 Å². The highest BCUT2D eigenvalue weighted by atomic mass is 15.2. The van der Waals surface area contributed by atoms with Gasteiger partial charge < -0.3 is 0 Å². The Bertz CT molecular complexity index is 1500. The van der Waals surface area contributed by atoms with Gasteiger partial charge in [-0.05, 0) is 112 Å². The minimum Gasteiger partial charge on any atom is -0.225 e. The van der Waals surface area contributed by atoms with Gasteiger partial charge in [0.2, 0.25) is 0 Å². The normalized spacial score (nSPS) is 17.2. The first kappa shape index (κ1) is 30.1. The quantitative estimate of drug-likeness (QED) is 0.168. The van der Waals surface area contributed by atoms with Crippen molar-refractivity contribution in [1.82, 2.24) is 4.40 Å². The summed E-state index contributed by atoms with van der Waals surface area (Å²) in [7, 11) is 0. The first-order chi connectivity index (χ1) is 18.6. The van der Waals surface area contributed by atoms with Crippen molar-refractivity contribution >= 4 is 28.7 Å². The van der Waals surface area contributed by atoms with E-state index in [1.165, 1.54) is 44.5 Å². The second kappa shape index (κ2) is 11.2. The minimum absolute atomic E-state index is 0.0535. The molecule has 214 valence electrons. The van der Waals surface area contributed by atoms with Crippen LogP contribution in [0.1, 0.15) is 124 Å². The number of aromatic nitrogens is 2. The number of benzene rings is 1. The monoisotopic (exact) mass is 537 g/mol. The van der Waals surface area contributed by atoms with E-state index in [1.807, 2.05) is 0 Å². The highest BCUT2D eigenvalue weighted by molar-refractivity contribution is 5.94. The van der Waals surface area contributed by atoms with Crippen molar-refractivity contribution in [2.45, 2.75) is 113 Å². The maximum atomic E-state index is 2.58. The number of allylic oxidation sites excluding steroid dienone is 6. The summed E-state index contributed by atoms with van der Waals surface area (Å²) in [5.41, 5.74) is 10.0. The lowest BCUT2D eigenvalue weighted by atomic mass is 9.82. The van der Waals surface area contributed by atoms with Crippen LogP contribution in [0.5, 0.6) is 0 Å². The molecule has 2 aromatic heterocycles. The zero-order valence-electron chi connectivity index (χ0n) is 27.2. The molecule has 3 aromatic rings. The Morgan fingerprint density at radius 1 is 0.975 bits per heavy atom. The molecular formula is C38H53N2+. The summed E-state index contributed by atoms with van der Waals surface area (Å²) in [6, 6.07) is 7.23. The van der Waals surface area contributed by atoms with Crippen LogP contribution in [-0.2, 0) is 12.0 Å². The van der Waals surface area contributed by atoms with Gasteiger partial charge in [-0.3, -0.25) is 0 Å². The van der Waals surface area contributed by atoms with Gasteiger partial charge in [0.1, 0.15) is 17.3 Å². The van der Waals surface area contributed by atoms with E-state index >= 15 is 0 Å². The van der Waals surface area contributed by atoms with E-state index in [4.69, 9.17) is 0 Å². The predicted octanol–water partition coefficient (Wildman–Crippen LogP) is 10.6. The van der Waals surface area contributed by atoms with Gasteiger partial charge in [0.25, 0.3) is 5.65 Å². The Labute approximate surface area is 244 Å². The molecule has 0 fully saturated rings. The third-order valence-corrected chi connectivity index (χ3v) is 7.76. The summed E-state index contributed by atoms with van der Waals surface area (Å²) in [6.07, 6.45) is 22.9. The molecule has 1 unspecified atom stereocenters. The first-order valence-corrected chi connectivity index (χ1v) is 15.3. The average Bonchev–Trinajstić information content (AvgIpc) is 3.20. The van der Waals surface area contributed by atoms with Crippen molar-refractivity contribution in [2.75, 3.05) is 0 Å². The number of imidazole rings is 1. The molecule has 2 heterocycles. The van der Waals surface area contributed by atoms with Gasteiger partial charge in [-0.1, -0.05) is 84.1 Å². The van der Waals surface area contributed by atoms with Gasteiger partial charge in [-0.2, -0.15) is 4.40 Å². The van der Waals surface area contributed by atoms with E-state index < -0.39 is 0 Å². The van der Waals surface area contributed by atoms with E-state index in [0.29, 0.717) is 5.92 Å².